The summed E-state index contributed by atoms with van der Waals surface area (Å²) in [7, 11) is 0. The zero-order chi connectivity index (χ0) is 9.64. The molecular formula is C11H16N2S. The van der Waals surface area contributed by atoms with Gasteiger partial charge in [0.15, 0.2) is 0 Å². The molecule has 1 fully saturated rings. The van der Waals surface area contributed by atoms with Crippen molar-refractivity contribution in [2.45, 2.75) is 23.8 Å². The van der Waals surface area contributed by atoms with E-state index in [9.17, 15) is 0 Å². The smallest absolute Gasteiger partial charge is 0.0270 e. The van der Waals surface area contributed by atoms with Crippen molar-refractivity contribution in [3.05, 3.63) is 30.1 Å². The van der Waals surface area contributed by atoms with Crippen LogP contribution in [0.2, 0.25) is 0 Å². The van der Waals surface area contributed by atoms with Crippen LogP contribution in [0.25, 0.3) is 0 Å². The second-order valence-electron chi connectivity index (χ2n) is 3.62. The van der Waals surface area contributed by atoms with Gasteiger partial charge >= 0.3 is 0 Å². The summed E-state index contributed by atoms with van der Waals surface area (Å²) in [4.78, 5) is 4.02. The van der Waals surface area contributed by atoms with Crippen molar-refractivity contribution in [2.24, 2.45) is 0 Å². The third-order valence-electron chi connectivity index (χ3n) is 2.52. The van der Waals surface area contributed by atoms with E-state index >= 15 is 0 Å². The van der Waals surface area contributed by atoms with Crippen LogP contribution in [0.4, 0.5) is 0 Å². The molecule has 3 heteroatoms. The summed E-state index contributed by atoms with van der Waals surface area (Å²) in [6, 6.07) is 4.21. The molecule has 0 aliphatic carbocycles. The third kappa shape index (κ3) is 3.00. The molecule has 2 nitrogen and oxygen atoms in total. The van der Waals surface area contributed by atoms with Crippen LogP contribution in [0.1, 0.15) is 18.4 Å². The Morgan fingerprint density at radius 3 is 2.71 bits per heavy atom. The molecule has 0 atom stereocenters. The Labute approximate surface area is 89.5 Å². The van der Waals surface area contributed by atoms with Crippen molar-refractivity contribution in [1.82, 2.24) is 10.3 Å². The van der Waals surface area contributed by atoms with Crippen LogP contribution in [0, 0.1) is 0 Å². The van der Waals surface area contributed by atoms with Crippen LogP contribution in [0.15, 0.2) is 24.5 Å². The maximum absolute atomic E-state index is 4.02. The highest BCUT2D eigenvalue weighted by molar-refractivity contribution is 7.99. The summed E-state index contributed by atoms with van der Waals surface area (Å²) in [5.41, 5.74) is 1.39. The van der Waals surface area contributed by atoms with Crippen LogP contribution < -0.4 is 5.32 Å². The van der Waals surface area contributed by atoms with Crippen LogP contribution in [-0.2, 0) is 5.75 Å². The standard InChI is InChI=1S/C11H16N2S/c1-5-12-6-2-10(1)9-14-11-3-7-13-8-4-11/h1-2,5-6,11,13H,3-4,7-9H2. The molecular weight excluding hydrogens is 192 g/mol. The van der Waals surface area contributed by atoms with Gasteiger partial charge in [0.25, 0.3) is 0 Å². The quantitative estimate of drug-likeness (QED) is 0.823. The highest BCUT2D eigenvalue weighted by Gasteiger charge is 2.12. The fourth-order valence-electron chi connectivity index (χ4n) is 1.66. The monoisotopic (exact) mass is 208 g/mol. The maximum Gasteiger partial charge on any atom is 0.0270 e. The molecule has 2 rings (SSSR count). The van der Waals surface area contributed by atoms with Gasteiger partial charge in [-0.1, -0.05) is 0 Å². The van der Waals surface area contributed by atoms with Crippen molar-refractivity contribution in [3.63, 3.8) is 0 Å². The molecule has 1 N–H and O–H groups in total. The van der Waals surface area contributed by atoms with Gasteiger partial charge in [-0.05, 0) is 43.6 Å². The lowest BCUT2D eigenvalue weighted by molar-refractivity contribution is 0.531. The van der Waals surface area contributed by atoms with Gasteiger partial charge in [0.1, 0.15) is 0 Å². The highest BCUT2D eigenvalue weighted by atomic mass is 32.2. The minimum Gasteiger partial charge on any atom is -0.317 e. The first-order valence-corrected chi connectivity index (χ1v) is 6.21. The molecule has 0 radical (unpaired) electrons. The Hall–Kier alpha value is -0.540. The van der Waals surface area contributed by atoms with Gasteiger partial charge in [-0.2, -0.15) is 11.8 Å². The number of nitrogens with zero attached hydrogens (tertiary/aromatic N) is 1. The van der Waals surface area contributed by atoms with Gasteiger partial charge in [0.2, 0.25) is 0 Å². The average molecular weight is 208 g/mol. The molecule has 0 aromatic carbocycles. The lowest BCUT2D eigenvalue weighted by Crippen LogP contribution is -2.29. The van der Waals surface area contributed by atoms with Gasteiger partial charge in [-0.3, -0.25) is 4.98 Å². The van der Waals surface area contributed by atoms with E-state index in [4.69, 9.17) is 0 Å². The van der Waals surface area contributed by atoms with Gasteiger partial charge in [-0.15, -0.1) is 0 Å². The molecule has 0 bridgehead atoms. The summed E-state index contributed by atoms with van der Waals surface area (Å²) in [5.74, 6) is 1.13. The zero-order valence-electron chi connectivity index (χ0n) is 8.28. The summed E-state index contributed by atoms with van der Waals surface area (Å²) < 4.78 is 0. The lowest BCUT2D eigenvalue weighted by atomic mass is 10.2. The second-order valence-corrected chi connectivity index (χ2v) is 4.90. The zero-order valence-corrected chi connectivity index (χ0v) is 9.09. The van der Waals surface area contributed by atoms with Crippen molar-refractivity contribution in [2.75, 3.05) is 13.1 Å². The van der Waals surface area contributed by atoms with Crippen molar-refractivity contribution in [3.8, 4) is 0 Å². The topological polar surface area (TPSA) is 24.9 Å². The Balaban J connectivity index is 1.76. The minimum atomic E-state index is 0.851. The maximum atomic E-state index is 4.02. The Bertz CT molecular complexity index is 257. The Morgan fingerprint density at radius 2 is 2.00 bits per heavy atom. The number of thioether (sulfide) groups is 1. The number of hydrogen-bond acceptors (Lipinski definition) is 3. The van der Waals surface area contributed by atoms with Gasteiger partial charge < -0.3 is 5.32 Å². The lowest BCUT2D eigenvalue weighted by Gasteiger charge is -2.21. The minimum absolute atomic E-state index is 0.851. The van der Waals surface area contributed by atoms with Crippen molar-refractivity contribution in [1.29, 1.82) is 0 Å². The van der Waals surface area contributed by atoms with Crippen molar-refractivity contribution < 1.29 is 0 Å². The van der Waals surface area contributed by atoms with E-state index in [1.165, 1.54) is 31.5 Å². The first-order valence-electron chi connectivity index (χ1n) is 5.16. The predicted octanol–water partition coefficient (Wildman–Crippen LogP) is 2.07. The number of hydrogen-bond donors (Lipinski definition) is 1. The summed E-state index contributed by atoms with van der Waals surface area (Å²) in [6.07, 6.45) is 6.38. The van der Waals surface area contributed by atoms with E-state index in [0.717, 1.165) is 11.0 Å². The summed E-state index contributed by atoms with van der Waals surface area (Å²) in [5, 5.41) is 4.24. The van der Waals surface area contributed by atoms with Crippen LogP contribution in [-0.4, -0.2) is 23.3 Å². The average Bonchev–Trinajstić information content (AvgIpc) is 2.29. The molecule has 2 heterocycles. The molecule has 1 aliphatic rings. The number of rotatable bonds is 3. The number of pyridine rings is 1. The van der Waals surface area contributed by atoms with Gasteiger partial charge in [0.05, 0.1) is 0 Å². The highest BCUT2D eigenvalue weighted by Crippen LogP contribution is 2.23. The first-order chi connectivity index (χ1) is 6.95. The molecule has 1 aromatic rings. The fourth-order valence-corrected chi connectivity index (χ4v) is 2.84. The SMILES string of the molecule is c1cc(CSC2CCNCC2)ccn1. The Kier molecular flexibility index (Phi) is 3.83. The molecule has 1 aromatic heterocycles. The van der Waals surface area contributed by atoms with Gasteiger partial charge in [-0.25, -0.2) is 0 Å². The van der Waals surface area contributed by atoms with E-state index in [-0.39, 0.29) is 0 Å². The second kappa shape index (κ2) is 5.37. The molecule has 0 spiro atoms. The first kappa shape index (κ1) is 9.99. The summed E-state index contributed by atoms with van der Waals surface area (Å²) in [6.45, 7) is 2.38. The van der Waals surface area contributed by atoms with E-state index in [1.54, 1.807) is 0 Å². The summed E-state index contributed by atoms with van der Waals surface area (Å²) >= 11 is 2.08. The molecule has 14 heavy (non-hydrogen) atoms. The third-order valence-corrected chi connectivity index (χ3v) is 3.96. The number of nitrogens with one attached hydrogen (secondary N) is 1. The van der Waals surface area contributed by atoms with E-state index in [1.807, 2.05) is 12.4 Å². The molecule has 1 aliphatic heterocycles. The largest absolute Gasteiger partial charge is 0.317 e. The van der Waals surface area contributed by atoms with E-state index < -0.39 is 0 Å². The molecule has 0 saturated carbocycles. The Morgan fingerprint density at radius 1 is 1.29 bits per heavy atom. The van der Waals surface area contributed by atoms with Crippen molar-refractivity contribution >= 4 is 11.8 Å². The predicted molar refractivity (Wildman–Crippen MR) is 61.4 cm³/mol. The van der Waals surface area contributed by atoms with Crippen LogP contribution in [0.5, 0.6) is 0 Å². The molecule has 0 amide bonds. The van der Waals surface area contributed by atoms with Crippen LogP contribution in [0.3, 0.4) is 0 Å². The van der Waals surface area contributed by atoms with Gasteiger partial charge in [0, 0.05) is 23.4 Å². The molecule has 0 unspecified atom stereocenters. The number of piperidine rings is 1. The van der Waals surface area contributed by atoms with E-state index in [2.05, 4.69) is 34.2 Å². The fraction of sp³-hybridized carbons (Fsp3) is 0.545. The normalized spacial score (nSPS) is 18.3. The molecule has 1 saturated heterocycles. The number of aromatic nitrogens is 1. The van der Waals surface area contributed by atoms with Crippen LogP contribution >= 0.6 is 11.8 Å². The molecule has 76 valence electrons. The van der Waals surface area contributed by atoms with E-state index in [0.29, 0.717) is 0 Å².